The lowest BCUT2D eigenvalue weighted by molar-refractivity contribution is 0.0932. The molecule has 2 unspecified atom stereocenters. The molecule has 3 N–H and O–H groups in total. The van der Waals surface area contributed by atoms with E-state index < -0.39 is 10.3 Å². The first-order valence-electron chi connectivity index (χ1n) is 10.3. The van der Waals surface area contributed by atoms with E-state index in [9.17, 15) is 13.2 Å². The van der Waals surface area contributed by atoms with Gasteiger partial charge >= 0.3 is 10.3 Å². The largest absolute Gasteiger partial charge is 0.376 e. The van der Waals surface area contributed by atoms with Gasteiger partial charge in [0.15, 0.2) is 0 Å². The Morgan fingerprint density at radius 3 is 3.00 bits per heavy atom. The number of aromatic nitrogens is 4. The summed E-state index contributed by atoms with van der Waals surface area (Å²) in [6.07, 6.45) is 9.08. The van der Waals surface area contributed by atoms with Crippen LogP contribution in [0.25, 0.3) is 0 Å². The highest BCUT2D eigenvalue weighted by atomic mass is 32.2. The molecule has 0 bridgehead atoms. The van der Waals surface area contributed by atoms with Gasteiger partial charge in [-0.15, -0.1) is 0 Å². The fourth-order valence-corrected chi connectivity index (χ4v) is 4.45. The normalized spacial score (nSPS) is 23.8. The van der Waals surface area contributed by atoms with Gasteiger partial charge in [-0.05, 0) is 44.1 Å². The average molecular weight is 451 g/mol. The molecule has 2 fully saturated rings. The van der Waals surface area contributed by atoms with Crippen molar-refractivity contribution in [1.29, 1.82) is 0 Å². The van der Waals surface area contributed by atoms with Gasteiger partial charge in [0.05, 0.1) is 24.8 Å². The van der Waals surface area contributed by atoms with Crippen molar-refractivity contribution in [2.24, 2.45) is 11.1 Å². The van der Waals surface area contributed by atoms with Crippen LogP contribution in [0.4, 0.5) is 5.82 Å². The van der Waals surface area contributed by atoms with E-state index in [2.05, 4.69) is 20.4 Å². The first kappa shape index (κ1) is 21.8. The first-order valence-corrected chi connectivity index (χ1v) is 11.8. The molecule has 0 spiro atoms. The molecule has 1 aliphatic heterocycles. The molecule has 11 nitrogen and oxygen atoms in total. The smallest absolute Gasteiger partial charge is 0.333 e. The molecule has 3 heterocycles. The second kappa shape index (κ2) is 9.39. The van der Waals surface area contributed by atoms with Gasteiger partial charge in [0.2, 0.25) is 5.78 Å². The van der Waals surface area contributed by atoms with Gasteiger partial charge in [0.25, 0.3) is 0 Å². The third-order valence-corrected chi connectivity index (χ3v) is 6.06. The molecule has 2 aromatic heterocycles. The highest BCUT2D eigenvalue weighted by molar-refractivity contribution is 7.84. The fourth-order valence-electron chi connectivity index (χ4n) is 4.07. The van der Waals surface area contributed by atoms with Crippen LogP contribution >= 0.6 is 0 Å². The number of carbonyl (C=O) groups excluding carboxylic acids is 1. The Hall–Kier alpha value is -2.41. The molecule has 0 aromatic carbocycles. The molecule has 12 heteroatoms. The second-order valence-electron chi connectivity index (χ2n) is 7.97. The average Bonchev–Trinajstić information content (AvgIpc) is 3.49. The van der Waals surface area contributed by atoms with Crippen LogP contribution in [-0.4, -0.2) is 59.3 Å². The van der Waals surface area contributed by atoms with E-state index >= 15 is 0 Å². The van der Waals surface area contributed by atoms with Crippen molar-refractivity contribution >= 4 is 21.9 Å². The summed E-state index contributed by atoms with van der Waals surface area (Å²) in [5, 5.41) is 12.6. The van der Waals surface area contributed by atoms with Gasteiger partial charge < -0.3 is 10.1 Å². The molecular formula is C19H26N6O5S. The lowest BCUT2D eigenvalue weighted by Gasteiger charge is -2.15. The Morgan fingerprint density at radius 1 is 1.35 bits per heavy atom. The zero-order valence-corrected chi connectivity index (χ0v) is 17.8. The number of hydrogen-bond acceptors (Lipinski definition) is 9. The Morgan fingerprint density at radius 2 is 2.23 bits per heavy atom. The maximum Gasteiger partial charge on any atom is 0.333 e. The molecule has 2 aliphatic rings. The number of ketones is 1. The minimum absolute atomic E-state index is 0.0348. The van der Waals surface area contributed by atoms with Crippen molar-refractivity contribution in [1.82, 2.24) is 19.7 Å². The standard InChI is InChI=1S/C19H26N6O5S/c20-31(27,28)30-11-13-3-4-14(8-13)23-19-16(9-21-12-22-19)18(26)17-5-6-25(24-17)10-15-2-1-7-29-15/h5-6,9,12-15H,1-4,7-8,10-11H2,(H2,20,27,28)(H,21,22,23)/t13-,14?,15?/m1/s1. The summed E-state index contributed by atoms with van der Waals surface area (Å²) in [5.41, 5.74) is 0.663. The summed E-state index contributed by atoms with van der Waals surface area (Å²) < 4.78 is 34.0. The number of ether oxygens (including phenoxy) is 1. The molecule has 168 valence electrons. The molecule has 3 atom stereocenters. The molecule has 0 amide bonds. The number of carbonyl (C=O) groups is 1. The zero-order chi connectivity index (χ0) is 21.8. The lowest BCUT2D eigenvalue weighted by Crippen LogP contribution is -2.22. The molecule has 4 rings (SSSR count). The van der Waals surface area contributed by atoms with Crippen LogP contribution in [0.3, 0.4) is 0 Å². The summed E-state index contributed by atoms with van der Waals surface area (Å²) in [6.45, 7) is 1.44. The molecule has 1 saturated carbocycles. The molecule has 0 radical (unpaired) electrons. The summed E-state index contributed by atoms with van der Waals surface area (Å²) in [5.74, 6) is 0.235. The van der Waals surface area contributed by atoms with E-state index in [-0.39, 0.29) is 30.5 Å². The predicted octanol–water partition coefficient (Wildman–Crippen LogP) is 0.884. The van der Waals surface area contributed by atoms with Crippen molar-refractivity contribution in [2.75, 3.05) is 18.5 Å². The summed E-state index contributed by atoms with van der Waals surface area (Å²) in [7, 11) is -3.94. The second-order valence-corrected chi connectivity index (χ2v) is 9.19. The maximum absolute atomic E-state index is 13.0. The van der Waals surface area contributed by atoms with Crippen LogP contribution in [0.2, 0.25) is 0 Å². The van der Waals surface area contributed by atoms with Crippen molar-refractivity contribution in [3.8, 4) is 0 Å². The zero-order valence-electron chi connectivity index (χ0n) is 17.0. The van der Waals surface area contributed by atoms with E-state index in [1.807, 2.05) is 0 Å². The monoisotopic (exact) mass is 450 g/mol. The number of hydrogen-bond donors (Lipinski definition) is 2. The summed E-state index contributed by atoms with van der Waals surface area (Å²) in [6, 6.07) is 1.72. The SMILES string of the molecule is NS(=O)(=O)OC[C@@H]1CCC(Nc2ncncc2C(=O)c2ccn(CC3CCCO3)n2)C1. The van der Waals surface area contributed by atoms with Crippen molar-refractivity contribution in [2.45, 2.75) is 50.8 Å². The van der Waals surface area contributed by atoms with Crippen LogP contribution in [0.1, 0.15) is 48.2 Å². The van der Waals surface area contributed by atoms with Gasteiger partial charge in [-0.3, -0.25) is 13.7 Å². The highest BCUT2D eigenvalue weighted by Gasteiger charge is 2.28. The van der Waals surface area contributed by atoms with Gasteiger partial charge in [-0.1, -0.05) is 0 Å². The predicted molar refractivity (Wildman–Crippen MR) is 110 cm³/mol. The van der Waals surface area contributed by atoms with Crippen molar-refractivity contribution in [3.05, 3.63) is 36.0 Å². The van der Waals surface area contributed by atoms with E-state index in [0.717, 1.165) is 32.3 Å². The van der Waals surface area contributed by atoms with E-state index in [1.54, 1.807) is 16.9 Å². The minimum atomic E-state index is -3.94. The first-order chi connectivity index (χ1) is 14.9. The lowest BCUT2D eigenvalue weighted by atomic mass is 10.1. The third-order valence-electron chi connectivity index (χ3n) is 5.59. The van der Waals surface area contributed by atoms with Gasteiger partial charge in [-0.2, -0.15) is 13.5 Å². The quantitative estimate of drug-likeness (QED) is 0.530. The van der Waals surface area contributed by atoms with Crippen LogP contribution < -0.4 is 10.5 Å². The molecule has 31 heavy (non-hydrogen) atoms. The number of anilines is 1. The Kier molecular flexibility index (Phi) is 6.60. The van der Waals surface area contributed by atoms with Gasteiger partial charge in [0.1, 0.15) is 17.8 Å². The Labute approximate surface area is 180 Å². The molecule has 1 saturated heterocycles. The summed E-state index contributed by atoms with van der Waals surface area (Å²) in [4.78, 5) is 21.3. The van der Waals surface area contributed by atoms with E-state index in [4.69, 9.17) is 14.1 Å². The van der Waals surface area contributed by atoms with Crippen LogP contribution in [0.15, 0.2) is 24.8 Å². The van der Waals surface area contributed by atoms with E-state index in [1.165, 1.54) is 12.5 Å². The number of nitrogens with two attached hydrogens (primary N) is 1. The molecule has 2 aromatic rings. The number of rotatable bonds is 9. The van der Waals surface area contributed by atoms with E-state index in [0.29, 0.717) is 30.0 Å². The highest BCUT2D eigenvalue weighted by Crippen LogP contribution is 2.29. The van der Waals surface area contributed by atoms with Crippen molar-refractivity contribution in [3.63, 3.8) is 0 Å². The third kappa shape index (κ3) is 5.85. The minimum Gasteiger partial charge on any atom is -0.376 e. The topological polar surface area (TPSA) is 151 Å². The summed E-state index contributed by atoms with van der Waals surface area (Å²) >= 11 is 0. The molecular weight excluding hydrogens is 424 g/mol. The molecule has 1 aliphatic carbocycles. The van der Waals surface area contributed by atoms with Crippen LogP contribution in [-0.2, 0) is 25.8 Å². The van der Waals surface area contributed by atoms with Gasteiger partial charge in [0, 0.05) is 25.0 Å². The maximum atomic E-state index is 13.0. The fraction of sp³-hybridized carbons (Fsp3) is 0.579. The number of nitrogens with one attached hydrogen (secondary N) is 1. The Balaban J connectivity index is 1.39. The van der Waals surface area contributed by atoms with Crippen LogP contribution in [0, 0.1) is 5.92 Å². The van der Waals surface area contributed by atoms with Crippen LogP contribution in [0.5, 0.6) is 0 Å². The van der Waals surface area contributed by atoms with Crippen molar-refractivity contribution < 1.29 is 22.1 Å². The number of nitrogens with zero attached hydrogens (tertiary/aromatic N) is 4. The Bertz CT molecular complexity index is 1020. The van der Waals surface area contributed by atoms with Gasteiger partial charge in [-0.25, -0.2) is 15.1 Å².